The number of esters is 1. The standard InChI is InChI=1S/C27H22ClFN2O3/c1-27(2,3)16-9-7-15(8-10-16)26(32)33-17-11-12-18-22(13-17)34-25(31)19(14-30)23(18)24-20(28)5-4-6-21(24)29/h4-13,23H,31H2,1-3H3. The molecule has 5 nitrogen and oxygen atoms in total. The molecule has 0 bridgehead atoms. The largest absolute Gasteiger partial charge is 0.440 e. The molecule has 0 aliphatic carbocycles. The number of benzene rings is 3. The number of ether oxygens (including phenoxy) is 2. The summed E-state index contributed by atoms with van der Waals surface area (Å²) in [7, 11) is 0. The highest BCUT2D eigenvalue weighted by Gasteiger charge is 2.34. The van der Waals surface area contributed by atoms with Crippen LogP contribution in [-0.2, 0) is 5.41 Å². The van der Waals surface area contributed by atoms with E-state index in [9.17, 15) is 14.4 Å². The smallest absolute Gasteiger partial charge is 0.343 e. The third kappa shape index (κ3) is 4.35. The summed E-state index contributed by atoms with van der Waals surface area (Å²) in [4.78, 5) is 12.7. The van der Waals surface area contributed by atoms with Gasteiger partial charge in [0, 0.05) is 22.2 Å². The van der Waals surface area contributed by atoms with E-state index in [-0.39, 0.29) is 39.0 Å². The molecule has 3 aromatic rings. The minimum Gasteiger partial charge on any atom is -0.440 e. The van der Waals surface area contributed by atoms with Crippen molar-refractivity contribution in [1.29, 1.82) is 5.26 Å². The molecule has 1 heterocycles. The summed E-state index contributed by atoms with van der Waals surface area (Å²) in [5.74, 6) is -1.67. The Hall–Kier alpha value is -3.82. The van der Waals surface area contributed by atoms with Gasteiger partial charge in [-0.3, -0.25) is 0 Å². The Labute approximate surface area is 202 Å². The van der Waals surface area contributed by atoms with Gasteiger partial charge < -0.3 is 15.2 Å². The van der Waals surface area contributed by atoms with Crippen LogP contribution in [0.2, 0.25) is 5.02 Å². The van der Waals surface area contributed by atoms with Crippen molar-refractivity contribution in [2.24, 2.45) is 5.73 Å². The average molecular weight is 477 g/mol. The second-order valence-electron chi connectivity index (χ2n) is 8.98. The fourth-order valence-electron chi connectivity index (χ4n) is 3.85. The molecule has 0 saturated carbocycles. The zero-order valence-corrected chi connectivity index (χ0v) is 19.6. The summed E-state index contributed by atoms with van der Waals surface area (Å²) in [5.41, 5.74) is 8.09. The lowest BCUT2D eigenvalue weighted by Gasteiger charge is -2.27. The predicted molar refractivity (Wildman–Crippen MR) is 127 cm³/mol. The van der Waals surface area contributed by atoms with Gasteiger partial charge in [-0.15, -0.1) is 0 Å². The quantitative estimate of drug-likeness (QED) is 0.358. The van der Waals surface area contributed by atoms with Crippen LogP contribution in [-0.4, -0.2) is 5.97 Å². The minimum atomic E-state index is -0.864. The first-order chi connectivity index (χ1) is 16.1. The number of rotatable bonds is 3. The molecule has 0 saturated heterocycles. The van der Waals surface area contributed by atoms with Crippen molar-refractivity contribution in [3.63, 3.8) is 0 Å². The van der Waals surface area contributed by atoms with Crippen LogP contribution in [0.15, 0.2) is 72.1 Å². The van der Waals surface area contributed by atoms with Gasteiger partial charge in [0.25, 0.3) is 0 Å². The lowest BCUT2D eigenvalue weighted by molar-refractivity contribution is 0.0734. The van der Waals surface area contributed by atoms with Gasteiger partial charge in [0.2, 0.25) is 5.88 Å². The van der Waals surface area contributed by atoms with E-state index < -0.39 is 17.7 Å². The number of hydrogen-bond donors (Lipinski definition) is 1. The van der Waals surface area contributed by atoms with E-state index in [0.29, 0.717) is 11.1 Å². The van der Waals surface area contributed by atoms with Gasteiger partial charge in [0.05, 0.1) is 11.5 Å². The molecule has 172 valence electrons. The van der Waals surface area contributed by atoms with Crippen molar-refractivity contribution in [3.8, 4) is 17.6 Å². The van der Waals surface area contributed by atoms with Gasteiger partial charge in [0.15, 0.2) is 0 Å². The van der Waals surface area contributed by atoms with Crippen molar-refractivity contribution in [1.82, 2.24) is 0 Å². The first-order valence-corrected chi connectivity index (χ1v) is 11.0. The Morgan fingerprint density at radius 1 is 1.15 bits per heavy atom. The summed E-state index contributed by atoms with van der Waals surface area (Å²) in [5, 5.41) is 9.83. The van der Waals surface area contributed by atoms with Gasteiger partial charge in [-0.1, -0.05) is 56.6 Å². The zero-order chi connectivity index (χ0) is 24.6. The van der Waals surface area contributed by atoms with Crippen molar-refractivity contribution in [2.45, 2.75) is 32.1 Å². The molecule has 1 unspecified atom stereocenters. The molecule has 0 amide bonds. The molecule has 1 atom stereocenters. The topological polar surface area (TPSA) is 85.3 Å². The van der Waals surface area contributed by atoms with E-state index in [0.717, 1.165) is 5.56 Å². The maximum atomic E-state index is 14.7. The molecule has 3 aromatic carbocycles. The zero-order valence-electron chi connectivity index (χ0n) is 18.9. The summed E-state index contributed by atoms with van der Waals surface area (Å²) in [6, 6.07) is 18.2. The van der Waals surface area contributed by atoms with Crippen molar-refractivity contribution in [2.75, 3.05) is 0 Å². The molecule has 0 radical (unpaired) electrons. The Morgan fingerprint density at radius 2 is 1.85 bits per heavy atom. The van der Waals surface area contributed by atoms with Crippen LogP contribution in [0.3, 0.4) is 0 Å². The highest BCUT2D eigenvalue weighted by atomic mass is 35.5. The van der Waals surface area contributed by atoms with Gasteiger partial charge in [0.1, 0.15) is 29.0 Å². The number of nitrogens with zero attached hydrogens (tertiary/aromatic N) is 1. The van der Waals surface area contributed by atoms with Gasteiger partial charge in [-0.2, -0.15) is 5.26 Å². The summed E-state index contributed by atoms with van der Waals surface area (Å²) >= 11 is 6.28. The van der Waals surface area contributed by atoms with Gasteiger partial charge in [-0.25, -0.2) is 9.18 Å². The van der Waals surface area contributed by atoms with Crippen LogP contribution < -0.4 is 15.2 Å². The lowest BCUT2D eigenvalue weighted by atomic mass is 9.83. The molecular weight excluding hydrogens is 455 g/mol. The maximum absolute atomic E-state index is 14.7. The SMILES string of the molecule is CC(C)(C)c1ccc(C(=O)Oc2ccc3c(c2)OC(N)=C(C#N)C3c2c(F)cccc2Cl)cc1. The fourth-order valence-corrected chi connectivity index (χ4v) is 4.13. The number of allylic oxidation sites excluding steroid dienone is 1. The third-order valence-corrected chi connectivity index (χ3v) is 6.01. The van der Waals surface area contributed by atoms with Crippen LogP contribution in [0.25, 0.3) is 0 Å². The van der Waals surface area contributed by atoms with Crippen LogP contribution in [0, 0.1) is 17.1 Å². The number of carbonyl (C=O) groups is 1. The molecule has 1 aliphatic rings. The maximum Gasteiger partial charge on any atom is 0.343 e. The number of fused-ring (bicyclic) bond motifs is 1. The fraction of sp³-hybridized carbons (Fsp3) is 0.185. The van der Waals surface area contributed by atoms with Crippen molar-refractivity contribution >= 4 is 17.6 Å². The van der Waals surface area contributed by atoms with E-state index >= 15 is 0 Å². The molecular formula is C27H22ClFN2O3. The Kier molecular flexibility index (Phi) is 6.07. The summed E-state index contributed by atoms with van der Waals surface area (Å²) < 4.78 is 25.9. The molecule has 2 N–H and O–H groups in total. The van der Waals surface area contributed by atoms with E-state index in [1.165, 1.54) is 18.2 Å². The van der Waals surface area contributed by atoms with E-state index in [1.807, 2.05) is 18.2 Å². The molecule has 1 aliphatic heterocycles. The number of nitrogens with two attached hydrogens (primary N) is 1. The van der Waals surface area contributed by atoms with Gasteiger partial charge in [-0.05, 0) is 41.3 Å². The number of carbonyl (C=O) groups excluding carboxylic acids is 1. The first-order valence-electron chi connectivity index (χ1n) is 10.6. The Balaban J connectivity index is 1.67. The monoisotopic (exact) mass is 476 g/mol. The summed E-state index contributed by atoms with van der Waals surface area (Å²) in [6.45, 7) is 6.27. The number of hydrogen-bond acceptors (Lipinski definition) is 5. The third-order valence-electron chi connectivity index (χ3n) is 5.68. The first kappa shape index (κ1) is 23.3. The molecule has 34 heavy (non-hydrogen) atoms. The molecule has 0 spiro atoms. The second-order valence-corrected chi connectivity index (χ2v) is 9.38. The Bertz CT molecular complexity index is 1330. The number of nitriles is 1. The van der Waals surface area contributed by atoms with E-state index in [2.05, 4.69) is 20.8 Å². The average Bonchev–Trinajstić information content (AvgIpc) is 2.78. The molecule has 0 fully saturated rings. The molecule has 0 aromatic heterocycles. The molecule has 4 rings (SSSR count). The number of halogens is 2. The van der Waals surface area contributed by atoms with Crippen molar-refractivity contribution in [3.05, 3.63) is 105 Å². The van der Waals surface area contributed by atoms with E-state index in [1.54, 1.807) is 30.3 Å². The minimum absolute atomic E-state index is 0.0361. The van der Waals surface area contributed by atoms with Crippen LogP contribution >= 0.6 is 11.6 Å². The summed E-state index contributed by atoms with van der Waals surface area (Å²) in [6.07, 6.45) is 0. The highest BCUT2D eigenvalue weighted by Crippen LogP contribution is 2.46. The predicted octanol–water partition coefficient (Wildman–Crippen LogP) is 6.21. The van der Waals surface area contributed by atoms with Crippen LogP contribution in [0.1, 0.15) is 53.7 Å². The van der Waals surface area contributed by atoms with Crippen molar-refractivity contribution < 1.29 is 18.7 Å². The molecule has 7 heteroatoms. The van der Waals surface area contributed by atoms with Crippen LogP contribution in [0.4, 0.5) is 4.39 Å². The normalized spacial score (nSPS) is 15.2. The highest BCUT2D eigenvalue weighted by molar-refractivity contribution is 6.31. The van der Waals surface area contributed by atoms with E-state index in [4.69, 9.17) is 26.8 Å². The second kappa shape index (κ2) is 8.85. The lowest BCUT2D eigenvalue weighted by Crippen LogP contribution is -2.22. The van der Waals surface area contributed by atoms with Crippen LogP contribution in [0.5, 0.6) is 11.5 Å². The van der Waals surface area contributed by atoms with Gasteiger partial charge >= 0.3 is 5.97 Å². The Morgan fingerprint density at radius 3 is 2.47 bits per heavy atom.